The Morgan fingerprint density at radius 3 is 3.07 bits per heavy atom. The Bertz CT molecular complexity index is 296. The number of nitrogens with zero attached hydrogens (tertiary/aromatic N) is 2. The topological polar surface area (TPSA) is 64.4 Å². The van der Waals surface area contributed by atoms with Gasteiger partial charge in [0, 0.05) is 26.3 Å². The standard InChI is InChI=1S/C9H14N2O3/c1-11-8(4-5-10-11)7-14-6-2-3-9(12)13/h4-5H,2-3,6-7H2,1H3,(H,12,13). The summed E-state index contributed by atoms with van der Waals surface area (Å²) in [6.07, 6.45) is 2.41. The van der Waals surface area contributed by atoms with Gasteiger partial charge in [-0.15, -0.1) is 0 Å². The molecule has 0 spiro atoms. The summed E-state index contributed by atoms with van der Waals surface area (Å²) in [7, 11) is 1.84. The third-order valence-electron chi connectivity index (χ3n) is 1.85. The van der Waals surface area contributed by atoms with Crippen molar-refractivity contribution in [2.45, 2.75) is 19.4 Å². The van der Waals surface area contributed by atoms with E-state index in [1.807, 2.05) is 13.1 Å². The van der Waals surface area contributed by atoms with E-state index in [2.05, 4.69) is 5.10 Å². The molecule has 1 rings (SSSR count). The fraction of sp³-hybridized carbons (Fsp3) is 0.556. The van der Waals surface area contributed by atoms with Gasteiger partial charge in [-0.05, 0) is 12.5 Å². The van der Waals surface area contributed by atoms with Crippen LogP contribution in [0.3, 0.4) is 0 Å². The lowest BCUT2D eigenvalue weighted by atomic mass is 10.3. The van der Waals surface area contributed by atoms with E-state index < -0.39 is 5.97 Å². The average Bonchev–Trinajstić information content (AvgIpc) is 2.51. The van der Waals surface area contributed by atoms with Crippen molar-refractivity contribution in [2.24, 2.45) is 7.05 Å². The Morgan fingerprint density at radius 1 is 1.71 bits per heavy atom. The number of aromatic nitrogens is 2. The van der Waals surface area contributed by atoms with Gasteiger partial charge in [-0.1, -0.05) is 0 Å². The molecule has 1 aromatic heterocycles. The molecule has 0 amide bonds. The van der Waals surface area contributed by atoms with Crippen LogP contribution in [-0.4, -0.2) is 27.5 Å². The normalized spacial score (nSPS) is 10.4. The van der Waals surface area contributed by atoms with E-state index in [4.69, 9.17) is 9.84 Å². The molecule has 5 heteroatoms. The third kappa shape index (κ3) is 3.57. The molecule has 0 atom stereocenters. The van der Waals surface area contributed by atoms with Gasteiger partial charge >= 0.3 is 5.97 Å². The van der Waals surface area contributed by atoms with Crippen molar-refractivity contribution in [1.29, 1.82) is 0 Å². The second-order valence-corrected chi connectivity index (χ2v) is 3.00. The Kier molecular flexibility index (Phi) is 4.12. The molecule has 5 nitrogen and oxygen atoms in total. The molecule has 0 aliphatic carbocycles. The first-order valence-electron chi connectivity index (χ1n) is 4.46. The Morgan fingerprint density at radius 2 is 2.50 bits per heavy atom. The quantitative estimate of drug-likeness (QED) is 0.687. The molecule has 14 heavy (non-hydrogen) atoms. The maximum absolute atomic E-state index is 10.2. The summed E-state index contributed by atoms with van der Waals surface area (Å²) in [6, 6.07) is 1.87. The number of carboxylic acid groups (broad SMARTS) is 1. The van der Waals surface area contributed by atoms with Crippen LogP contribution in [0.25, 0.3) is 0 Å². The molecule has 0 radical (unpaired) electrons. The first kappa shape index (κ1) is 10.7. The fourth-order valence-corrected chi connectivity index (χ4v) is 1.05. The van der Waals surface area contributed by atoms with Crippen molar-refractivity contribution in [3.63, 3.8) is 0 Å². The van der Waals surface area contributed by atoms with Crippen LogP contribution in [0.5, 0.6) is 0 Å². The molecule has 78 valence electrons. The number of aryl methyl sites for hydroxylation is 1. The third-order valence-corrected chi connectivity index (χ3v) is 1.85. The lowest BCUT2D eigenvalue weighted by Gasteiger charge is -2.03. The molecule has 0 saturated heterocycles. The number of carbonyl (C=O) groups is 1. The van der Waals surface area contributed by atoms with E-state index in [-0.39, 0.29) is 6.42 Å². The lowest BCUT2D eigenvalue weighted by Crippen LogP contribution is -2.03. The van der Waals surface area contributed by atoms with Gasteiger partial charge in [0.05, 0.1) is 12.3 Å². The maximum atomic E-state index is 10.2. The SMILES string of the molecule is Cn1nccc1COCCCC(=O)O. The Labute approximate surface area is 82.3 Å². The molecule has 0 aliphatic rings. The van der Waals surface area contributed by atoms with Crippen molar-refractivity contribution < 1.29 is 14.6 Å². The highest BCUT2D eigenvalue weighted by molar-refractivity contribution is 5.66. The first-order chi connectivity index (χ1) is 6.70. The van der Waals surface area contributed by atoms with E-state index >= 15 is 0 Å². The number of hydrogen-bond donors (Lipinski definition) is 1. The maximum Gasteiger partial charge on any atom is 0.303 e. The molecule has 1 heterocycles. The molecular formula is C9H14N2O3. The zero-order chi connectivity index (χ0) is 10.4. The summed E-state index contributed by atoms with van der Waals surface area (Å²) < 4.78 is 7.02. The van der Waals surface area contributed by atoms with E-state index in [1.54, 1.807) is 10.9 Å². The van der Waals surface area contributed by atoms with Gasteiger partial charge in [0.25, 0.3) is 0 Å². The Hall–Kier alpha value is -1.36. The van der Waals surface area contributed by atoms with Crippen LogP contribution in [0.2, 0.25) is 0 Å². The van der Waals surface area contributed by atoms with Gasteiger partial charge < -0.3 is 9.84 Å². The lowest BCUT2D eigenvalue weighted by molar-refractivity contribution is -0.137. The average molecular weight is 198 g/mol. The fourth-order valence-electron chi connectivity index (χ4n) is 1.05. The minimum atomic E-state index is -0.783. The van der Waals surface area contributed by atoms with Gasteiger partial charge in [0.2, 0.25) is 0 Å². The molecule has 0 saturated carbocycles. The monoisotopic (exact) mass is 198 g/mol. The highest BCUT2D eigenvalue weighted by Crippen LogP contribution is 1.99. The summed E-state index contributed by atoms with van der Waals surface area (Å²) in [5.74, 6) is -0.783. The summed E-state index contributed by atoms with van der Waals surface area (Å²) in [5.41, 5.74) is 0.986. The van der Waals surface area contributed by atoms with Crippen LogP contribution in [0.15, 0.2) is 12.3 Å². The van der Waals surface area contributed by atoms with Crippen LogP contribution in [0, 0.1) is 0 Å². The largest absolute Gasteiger partial charge is 0.481 e. The van der Waals surface area contributed by atoms with Crippen molar-refractivity contribution in [3.05, 3.63) is 18.0 Å². The van der Waals surface area contributed by atoms with Gasteiger partial charge in [0.1, 0.15) is 0 Å². The number of rotatable bonds is 6. The molecule has 0 aliphatic heterocycles. The minimum Gasteiger partial charge on any atom is -0.481 e. The molecule has 1 aromatic rings. The highest BCUT2D eigenvalue weighted by atomic mass is 16.5. The smallest absolute Gasteiger partial charge is 0.303 e. The first-order valence-corrected chi connectivity index (χ1v) is 4.46. The number of carboxylic acids is 1. The van der Waals surface area contributed by atoms with Crippen molar-refractivity contribution in [2.75, 3.05) is 6.61 Å². The van der Waals surface area contributed by atoms with Crippen LogP contribution in [0.4, 0.5) is 0 Å². The van der Waals surface area contributed by atoms with E-state index in [0.29, 0.717) is 19.6 Å². The molecule has 0 unspecified atom stereocenters. The number of hydrogen-bond acceptors (Lipinski definition) is 3. The van der Waals surface area contributed by atoms with Gasteiger partial charge in [-0.2, -0.15) is 5.10 Å². The summed E-state index contributed by atoms with van der Waals surface area (Å²) in [6.45, 7) is 0.952. The molecule has 0 bridgehead atoms. The Balaban J connectivity index is 2.10. The second kappa shape index (κ2) is 5.39. The molecule has 0 fully saturated rings. The van der Waals surface area contributed by atoms with E-state index in [9.17, 15) is 4.79 Å². The predicted octanol–water partition coefficient (Wildman–Crippen LogP) is 0.802. The van der Waals surface area contributed by atoms with Crippen LogP contribution in [-0.2, 0) is 23.2 Å². The molecule has 0 aromatic carbocycles. The summed E-state index contributed by atoms with van der Waals surface area (Å²) in [4.78, 5) is 10.2. The van der Waals surface area contributed by atoms with Gasteiger partial charge in [-0.3, -0.25) is 9.48 Å². The van der Waals surface area contributed by atoms with Crippen molar-refractivity contribution >= 4 is 5.97 Å². The summed E-state index contributed by atoms with van der Waals surface area (Å²) in [5, 5.41) is 12.4. The van der Waals surface area contributed by atoms with Gasteiger partial charge in [0.15, 0.2) is 0 Å². The van der Waals surface area contributed by atoms with E-state index in [1.165, 1.54) is 0 Å². The van der Waals surface area contributed by atoms with Crippen molar-refractivity contribution in [1.82, 2.24) is 9.78 Å². The molecular weight excluding hydrogens is 184 g/mol. The zero-order valence-corrected chi connectivity index (χ0v) is 8.14. The zero-order valence-electron chi connectivity index (χ0n) is 8.14. The summed E-state index contributed by atoms with van der Waals surface area (Å²) >= 11 is 0. The second-order valence-electron chi connectivity index (χ2n) is 3.00. The van der Waals surface area contributed by atoms with Crippen molar-refractivity contribution in [3.8, 4) is 0 Å². The highest BCUT2D eigenvalue weighted by Gasteiger charge is 1.99. The minimum absolute atomic E-state index is 0.158. The van der Waals surface area contributed by atoms with Crippen LogP contribution < -0.4 is 0 Å². The number of aliphatic carboxylic acids is 1. The number of ether oxygens (including phenoxy) is 1. The molecule has 1 N–H and O–H groups in total. The van der Waals surface area contributed by atoms with E-state index in [0.717, 1.165) is 5.69 Å². The van der Waals surface area contributed by atoms with Crippen LogP contribution >= 0.6 is 0 Å². The van der Waals surface area contributed by atoms with Crippen LogP contribution in [0.1, 0.15) is 18.5 Å². The van der Waals surface area contributed by atoms with Gasteiger partial charge in [-0.25, -0.2) is 0 Å². The predicted molar refractivity (Wildman–Crippen MR) is 49.7 cm³/mol.